The van der Waals surface area contributed by atoms with E-state index in [2.05, 4.69) is 16.7 Å². The topological polar surface area (TPSA) is 35.9 Å². The molecule has 84 valence electrons. The van der Waals surface area contributed by atoms with Gasteiger partial charge in [-0.1, -0.05) is 0 Å². The van der Waals surface area contributed by atoms with Gasteiger partial charge in [-0.3, -0.25) is 9.80 Å². The summed E-state index contributed by atoms with van der Waals surface area (Å²) in [5, 5.41) is 8.80. The van der Waals surface area contributed by atoms with Crippen molar-refractivity contribution < 1.29 is 9.84 Å². The summed E-state index contributed by atoms with van der Waals surface area (Å²) in [7, 11) is 1.75. The van der Waals surface area contributed by atoms with Gasteiger partial charge in [0.2, 0.25) is 0 Å². The van der Waals surface area contributed by atoms with Gasteiger partial charge in [0, 0.05) is 45.9 Å². The zero-order valence-corrected chi connectivity index (χ0v) is 9.28. The normalized spacial score (nSPS) is 22.5. The highest BCUT2D eigenvalue weighted by molar-refractivity contribution is 4.75. The highest BCUT2D eigenvalue weighted by Crippen LogP contribution is 2.05. The number of β-amino-alcohol motifs (C(OH)–C–C–N with tert-alkyl or cyclic N) is 1. The summed E-state index contributed by atoms with van der Waals surface area (Å²) in [5.74, 6) is 0. The molecule has 1 unspecified atom stereocenters. The van der Waals surface area contributed by atoms with Crippen molar-refractivity contribution in [2.75, 3.05) is 53.0 Å². The van der Waals surface area contributed by atoms with Crippen molar-refractivity contribution in [1.82, 2.24) is 9.80 Å². The lowest BCUT2D eigenvalue weighted by atomic mass is 10.2. The molecule has 1 rings (SSSR count). The predicted molar refractivity (Wildman–Crippen MR) is 56.4 cm³/mol. The van der Waals surface area contributed by atoms with Crippen LogP contribution < -0.4 is 0 Å². The van der Waals surface area contributed by atoms with Crippen LogP contribution in [0, 0.1) is 0 Å². The Labute approximate surface area is 86.4 Å². The lowest BCUT2D eigenvalue weighted by molar-refractivity contribution is 0.0518. The first-order valence-electron chi connectivity index (χ1n) is 5.34. The maximum atomic E-state index is 8.80. The van der Waals surface area contributed by atoms with E-state index in [0.29, 0.717) is 6.04 Å². The zero-order chi connectivity index (χ0) is 10.4. The van der Waals surface area contributed by atoms with Crippen LogP contribution in [0.4, 0.5) is 0 Å². The van der Waals surface area contributed by atoms with Gasteiger partial charge >= 0.3 is 0 Å². The molecule has 0 amide bonds. The van der Waals surface area contributed by atoms with Gasteiger partial charge in [0.05, 0.1) is 13.2 Å². The zero-order valence-electron chi connectivity index (χ0n) is 9.28. The van der Waals surface area contributed by atoms with Gasteiger partial charge in [-0.15, -0.1) is 0 Å². The van der Waals surface area contributed by atoms with Crippen molar-refractivity contribution in [2.45, 2.75) is 13.0 Å². The van der Waals surface area contributed by atoms with Gasteiger partial charge in [0.15, 0.2) is 0 Å². The average molecular weight is 202 g/mol. The van der Waals surface area contributed by atoms with Gasteiger partial charge in [-0.2, -0.15) is 0 Å². The largest absolute Gasteiger partial charge is 0.395 e. The lowest BCUT2D eigenvalue weighted by Gasteiger charge is -2.37. The summed E-state index contributed by atoms with van der Waals surface area (Å²) < 4.78 is 5.14. The Morgan fingerprint density at radius 3 is 2.43 bits per heavy atom. The Hall–Kier alpha value is -0.160. The van der Waals surface area contributed by atoms with Crippen LogP contribution in [-0.4, -0.2) is 74.0 Å². The summed E-state index contributed by atoms with van der Waals surface area (Å²) in [4.78, 5) is 4.74. The van der Waals surface area contributed by atoms with Crippen molar-refractivity contribution in [3.8, 4) is 0 Å². The first kappa shape index (κ1) is 11.9. The minimum atomic E-state index is 0.271. The standard InChI is InChI=1S/C10H22N2O2/c1-10(9-14-2)12-5-3-11(4-6-12)7-8-13/h10,13H,3-9H2,1-2H3. The second kappa shape index (κ2) is 6.35. The summed E-state index contributed by atoms with van der Waals surface area (Å²) >= 11 is 0. The van der Waals surface area contributed by atoms with Crippen LogP contribution in [0.15, 0.2) is 0 Å². The fourth-order valence-electron chi connectivity index (χ4n) is 1.92. The highest BCUT2D eigenvalue weighted by Gasteiger charge is 2.20. The van der Waals surface area contributed by atoms with E-state index in [-0.39, 0.29) is 6.61 Å². The molecule has 4 heteroatoms. The van der Waals surface area contributed by atoms with Crippen molar-refractivity contribution in [3.63, 3.8) is 0 Å². The fourth-order valence-corrected chi connectivity index (χ4v) is 1.92. The van der Waals surface area contributed by atoms with Gasteiger partial charge in [-0.25, -0.2) is 0 Å². The number of hydrogen-bond acceptors (Lipinski definition) is 4. The Bertz CT molecular complexity index is 147. The Morgan fingerprint density at radius 1 is 1.29 bits per heavy atom. The first-order chi connectivity index (χ1) is 6.77. The van der Waals surface area contributed by atoms with Gasteiger partial charge in [-0.05, 0) is 6.92 Å². The molecular formula is C10H22N2O2. The van der Waals surface area contributed by atoms with Gasteiger partial charge < -0.3 is 9.84 Å². The predicted octanol–water partition coefficient (Wildman–Crippen LogP) is -0.369. The molecule has 14 heavy (non-hydrogen) atoms. The molecule has 0 spiro atoms. The van der Waals surface area contributed by atoms with E-state index in [9.17, 15) is 0 Å². The second-order valence-corrected chi connectivity index (χ2v) is 3.91. The maximum absolute atomic E-state index is 8.80. The molecule has 0 aromatic heterocycles. The van der Waals surface area contributed by atoms with Crippen LogP contribution in [0.25, 0.3) is 0 Å². The summed E-state index contributed by atoms with van der Waals surface area (Å²) in [6.07, 6.45) is 0. The molecule has 1 aliphatic rings. The molecule has 4 nitrogen and oxygen atoms in total. The summed E-state index contributed by atoms with van der Waals surface area (Å²) in [6.45, 7) is 8.39. The number of aliphatic hydroxyl groups is 1. The van der Waals surface area contributed by atoms with E-state index in [1.54, 1.807) is 7.11 Å². The molecule has 0 bridgehead atoms. The van der Waals surface area contributed by atoms with Crippen molar-refractivity contribution in [1.29, 1.82) is 0 Å². The number of piperazine rings is 1. The van der Waals surface area contributed by atoms with Crippen LogP contribution in [0.2, 0.25) is 0 Å². The highest BCUT2D eigenvalue weighted by atomic mass is 16.5. The smallest absolute Gasteiger partial charge is 0.0615 e. The second-order valence-electron chi connectivity index (χ2n) is 3.91. The van der Waals surface area contributed by atoms with E-state index in [1.165, 1.54) is 0 Å². The van der Waals surface area contributed by atoms with Crippen LogP contribution in [0.1, 0.15) is 6.92 Å². The fraction of sp³-hybridized carbons (Fsp3) is 1.00. The van der Waals surface area contributed by atoms with E-state index in [0.717, 1.165) is 39.3 Å². The molecule has 0 aromatic rings. The molecule has 1 fully saturated rings. The van der Waals surface area contributed by atoms with Gasteiger partial charge in [0.25, 0.3) is 0 Å². The molecule has 1 heterocycles. The minimum absolute atomic E-state index is 0.271. The number of nitrogens with zero attached hydrogens (tertiary/aromatic N) is 2. The van der Waals surface area contributed by atoms with E-state index < -0.39 is 0 Å². The Balaban J connectivity index is 2.21. The quantitative estimate of drug-likeness (QED) is 0.660. The third kappa shape index (κ3) is 3.53. The maximum Gasteiger partial charge on any atom is 0.0615 e. The molecule has 1 atom stereocenters. The van der Waals surface area contributed by atoms with E-state index >= 15 is 0 Å². The summed E-state index contributed by atoms with van der Waals surface area (Å²) in [5.41, 5.74) is 0. The van der Waals surface area contributed by atoms with Crippen molar-refractivity contribution >= 4 is 0 Å². The van der Waals surface area contributed by atoms with E-state index in [4.69, 9.17) is 9.84 Å². The van der Waals surface area contributed by atoms with Crippen LogP contribution in [0.5, 0.6) is 0 Å². The van der Waals surface area contributed by atoms with Crippen LogP contribution in [-0.2, 0) is 4.74 Å². The molecule has 1 saturated heterocycles. The molecule has 0 radical (unpaired) electrons. The lowest BCUT2D eigenvalue weighted by Crippen LogP contribution is -2.51. The molecule has 0 aromatic carbocycles. The average Bonchev–Trinajstić information content (AvgIpc) is 2.20. The molecule has 1 N–H and O–H groups in total. The SMILES string of the molecule is COCC(C)N1CCN(CCO)CC1. The van der Waals surface area contributed by atoms with Crippen molar-refractivity contribution in [2.24, 2.45) is 0 Å². The third-order valence-corrected chi connectivity index (χ3v) is 2.85. The Kier molecular flexibility index (Phi) is 5.40. The van der Waals surface area contributed by atoms with E-state index in [1.807, 2.05) is 0 Å². The number of ether oxygens (including phenoxy) is 1. The number of methoxy groups -OCH3 is 1. The third-order valence-electron chi connectivity index (χ3n) is 2.85. The monoisotopic (exact) mass is 202 g/mol. The minimum Gasteiger partial charge on any atom is -0.395 e. The Morgan fingerprint density at radius 2 is 1.93 bits per heavy atom. The number of aliphatic hydroxyl groups excluding tert-OH is 1. The number of hydrogen-bond donors (Lipinski definition) is 1. The number of rotatable bonds is 5. The summed E-state index contributed by atoms with van der Waals surface area (Å²) in [6, 6.07) is 0.510. The molecular weight excluding hydrogens is 180 g/mol. The molecule has 0 saturated carbocycles. The molecule has 1 aliphatic heterocycles. The molecule has 0 aliphatic carbocycles. The van der Waals surface area contributed by atoms with Crippen LogP contribution >= 0.6 is 0 Å². The first-order valence-corrected chi connectivity index (χ1v) is 5.34. The van der Waals surface area contributed by atoms with Gasteiger partial charge in [0.1, 0.15) is 0 Å². The van der Waals surface area contributed by atoms with Crippen molar-refractivity contribution in [3.05, 3.63) is 0 Å². The van der Waals surface area contributed by atoms with Crippen LogP contribution in [0.3, 0.4) is 0 Å².